The van der Waals surface area contributed by atoms with Crippen LogP contribution >= 0.6 is 0 Å². The summed E-state index contributed by atoms with van der Waals surface area (Å²) in [5.41, 5.74) is 0.153. The predicted octanol–water partition coefficient (Wildman–Crippen LogP) is 2.54. The number of carbonyl (C=O) groups excluding carboxylic acids is 1. The van der Waals surface area contributed by atoms with Crippen LogP contribution in [-0.4, -0.2) is 48.8 Å². The van der Waals surface area contributed by atoms with E-state index in [9.17, 15) is 13.6 Å². The highest BCUT2D eigenvalue weighted by molar-refractivity contribution is 5.94. The van der Waals surface area contributed by atoms with Crippen LogP contribution in [0.4, 0.5) is 8.78 Å². The minimum absolute atomic E-state index is 0.0708. The molecular formula is C17H19F2NO3. The molecule has 1 aromatic carbocycles. The fourth-order valence-electron chi connectivity index (χ4n) is 3.33. The Labute approximate surface area is 133 Å². The molecule has 1 aliphatic heterocycles. The van der Waals surface area contributed by atoms with Crippen LogP contribution in [0, 0.1) is 11.6 Å². The third-order valence-corrected chi connectivity index (χ3v) is 4.39. The molecule has 0 unspecified atom stereocenters. The van der Waals surface area contributed by atoms with Gasteiger partial charge in [-0.25, -0.2) is 8.78 Å². The number of fused-ring (bicyclic) bond motifs is 1. The van der Waals surface area contributed by atoms with E-state index < -0.39 is 11.6 Å². The molecule has 124 valence electrons. The van der Waals surface area contributed by atoms with Crippen molar-refractivity contribution in [1.82, 2.24) is 4.90 Å². The zero-order valence-electron chi connectivity index (χ0n) is 12.7. The van der Waals surface area contributed by atoms with Gasteiger partial charge in [-0.05, 0) is 31.0 Å². The monoisotopic (exact) mass is 323 g/mol. The van der Waals surface area contributed by atoms with Crippen LogP contribution in [-0.2, 0) is 9.47 Å². The molecule has 1 aromatic rings. The third-order valence-electron chi connectivity index (χ3n) is 4.39. The Morgan fingerprint density at radius 1 is 1.39 bits per heavy atom. The molecular weight excluding hydrogens is 304 g/mol. The summed E-state index contributed by atoms with van der Waals surface area (Å²) in [6.07, 6.45) is 2.99. The fraction of sp³-hybridized carbons (Fsp3) is 0.471. The molecule has 0 spiro atoms. The van der Waals surface area contributed by atoms with Crippen LogP contribution < -0.4 is 0 Å². The molecule has 1 heterocycles. The van der Waals surface area contributed by atoms with Crippen LogP contribution in [0.2, 0.25) is 0 Å². The average molecular weight is 323 g/mol. The van der Waals surface area contributed by atoms with Crippen molar-refractivity contribution in [3.63, 3.8) is 0 Å². The van der Waals surface area contributed by atoms with Crippen LogP contribution in [0.1, 0.15) is 23.2 Å². The number of hydrogen-bond acceptors (Lipinski definition) is 3. The smallest absolute Gasteiger partial charge is 0.254 e. The summed E-state index contributed by atoms with van der Waals surface area (Å²) in [5.74, 6) is -2.27. The molecule has 0 N–H and O–H groups in total. The van der Waals surface area contributed by atoms with Crippen LogP contribution in [0.25, 0.3) is 0 Å². The van der Waals surface area contributed by atoms with Gasteiger partial charge in [0.1, 0.15) is 6.10 Å². The van der Waals surface area contributed by atoms with E-state index in [1.165, 1.54) is 6.07 Å². The lowest BCUT2D eigenvalue weighted by Gasteiger charge is -2.39. The molecule has 1 saturated carbocycles. The molecule has 3 atom stereocenters. The summed E-state index contributed by atoms with van der Waals surface area (Å²) in [6, 6.07) is 3.14. The molecule has 3 rings (SSSR count). The minimum Gasteiger partial charge on any atom is -0.372 e. The van der Waals surface area contributed by atoms with Gasteiger partial charge >= 0.3 is 0 Å². The van der Waals surface area contributed by atoms with Crippen LogP contribution in [0.3, 0.4) is 0 Å². The SMILES string of the molecule is C=CCO[C@@H]1CC[C@H]2[C@H]1OCCN2C(=O)c1ccc(F)c(F)c1. The van der Waals surface area contributed by atoms with Crippen LogP contribution in [0.15, 0.2) is 30.9 Å². The second-order valence-electron chi connectivity index (χ2n) is 5.77. The van der Waals surface area contributed by atoms with E-state index in [-0.39, 0.29) is 29.7 Å². The Balaban J connectivity index is 1.76. The molecule has 0 aromatic heterocycles. The lowest BCUT2D eigenvalue weighted by atomic mass is 10.1. The van der Waals surface area contributed by atoms with Crippen molar-refractivity contribution in [1.29, 1.82) is 0 Å². The largest absolute Gasteiger partial charge is 0.372 e. The zero-order valence-corrected chi connectivity index (χ0v) is 12.7. The fourth-order valence-corrected chi connectivity index (χ4v) is 3.33. The van der Waals surface area contributed by atoms with Gasteiger partial charge in [0.05, 0.1) is 25.4 Å². The van der Waals surface area contributed by atoms with Crippen molar-refractivity contribution in [2.75, 3.05) is 19.8 Å². The summed E-state index contributed by atoms with van der Waals surface area (Å²) in [7, 11) is 0. The van der Waals surface area contributed by atoms with E-state index in [0.717, 1.165) is 25.0 Å². The van der Waals surface area contributed by atoms with Gasteiger partial charge < -0.3 is 14.4 Å². The van der Waals surface area contributed by atoms with Gasteiger partial charge in [-0.2, -0.15) is 0 Å². The maximum absolute atomic E-state index is 13.4. The van der Waals surface area contributed by atoms with Gasteiger partial charge in [0.15, 0.2) is 11.6 Å². The topological polar surface area (TPSA) is 38.8 Å². The summed E-state index contributed by atoms with van der Waals surface area (Å²) in [6.45, 7) is 4.91. The molecule has 0 radical (unpaired) electrons. The maximum Gasteiger partial charge on any atom is 0.254 e. The number of morpholine rings is 1. The molecule has 1 saturated heterocycles. The highest BCUT2D eigenvalue weighted by Crippen LogP contribution is 2.33. The van der Waals surface area contributed by atoms with E-state index in [1.54, 1.807) is 11.0 Å². The lowest BCUT2D eigenvalue weighted by molar-refractivity contribution is -0.100. The molecule has 1 aliphatic carbocycles. The first-order valence-corrected chi connectivity index (χ1v) is 7.72. The molecule has 0 bridgehead atoms. The van der Waals surface area contributed by atoms with Gasteiger partial charge in [0.25, 0.3) is 5.91 Å². The Bertz CT molecular complexity index is 608. The highest BCUT2D eigenvalue weighted by atomic mass is 19.2. The quantitative estimate of drug-likeness (QED) is 0.799. The van der Waals surface area contributed by atoms with Crippen molar-refractivity contribution in [2.24, 2.45) is 0 Å². The number of nitrogens with zero attached hydrogens (tertiary/aromatic N) is 1. The number of halogens is 2. The van der Waals surface area contributed by atoms with E-state index >= 15 is 0 Å². The molecule has 1 amide bonds. The van der Waals surface area contributed by atoms with Gasteiger partial charge in [0.2, 0.25) is 0 Å². The molecule has 2 aliphatic rings. The minimum atomic E-state index is -1.01. The summed E-state index contributed by atoms with van der Waals surface area (Å²) < 4.78 is 37.9. The van der Waals surface area contributed by atoms with Crippen LogP contribution in [0.5, 0.6) is 0 Å². The van der Waals surface area contributed by atoms with Crippen molar-refractivity contribution >= 4 is 5.91 Å². The van der Waals surface area contributed by atoms with E-state index in [2.05, 4.69) is 6.58 Å². The van der Waals surface area contributed by atoms with Gasteiger partial charge in [0, 0.05) is 12.1 Å². The molecule has 4 nitrogen and oxygen atoms in total. The molecule has 23 heavy (non-hydrogen) atoms. The number of carbonyl (C=O) groups is 1. The average Bonchev–Trinajstić information content (AvgIpc) is 2.98. The lowest BCUT2D eigenvalue weighted by Crippen LogP contribution is -2.53. The first-order valence-electron chi connectivity index (χ1n) is 7.72. The summed E-state index contributed by atoms with van der Waals surface area (Å²) in [4.78, 5) is 14.3. The Kier molecular flexibility index (Phi) is 4.73. The Morgan fingerprint density at radius 2 is 2.22 bits per heavy atom. The number of hydrogen-bond donors (Lipinski definition) is 0. The zero-order chi connectivity index (χ0) is 16.4. The van der Waals surface area contributed by atoms with Gasteiger partial charge in [-0.3, -0.25) is 4.79 Å². The van der Waals surface area contributed by atoms with Crippen molar-refractivity contribution in [3.8, 4) is 0 Å². The highest BCUT2D eigenvalue weighted by Gasteiger charge is 2.45. The molecule has 2 fully saturated rings. The Morgan fingerprint density at radius 3 is 2.96 bits per heavy atom. The van der Waals surface area contributed by atoms with Gasteiger partial charge in [-0.15, -0.1) is 6.58 Å². The Hall–Kier alpha value is -1.79. The van der Waals surface area contributed by atoms with E-state index in [0.29, 0.717) is 19.8 Å². The number of amides is 1. The first-order chi connectivity index (χ1) is 11.1. The van der Waals surface area contributed by atoms with E-state index in [4.69, 9.17) is 9.47 Å². The van der Waals surface area contributed by atoms with Crippen molar-refractivity contribution in [3.05, 3.63) is 48.1 Å². The van der Waals surface area contributed by atoms with Crippen molar-refractivity contribution < 1.29 is 23.0 Å². The van der Waals surface area contributed by atoms with Crippen molar-refractivity contribution in [2.45, 2.75) is 31.1 Å². The standard InChI is InChI=1S/C17H19F2NO3/c1-2-8-22-15-6-5-14-16(15)23-9-7-20(14)17(21)11-3-4-12(18)13(19)10-11/h2-4,10,14-16H,1,5-9H2/t14-,15+,16+/m0/s1. The first kappa shape index (κ1) is 16.1. The summed E-state index contributed by atoms with van der Waals surface area (Å²) >= 11 is 0. The third kappa shape index (κ3) is 3.14. The maximum atomic E-state index is 13.4. The van der Waals surface area contributed by atoms with E-state index in [1.807, 2.05) is 0 Å². The normalized spacial score (nSPS) is 26.9. The second-order valence-corrected chi connectivity index (χ2v) is 5.77. The predicted molar refractivity (Wildman–Crippen MR) is 80.1 cm³/mol. The summed E-state index contributed by atoms with van der Waals surface area (Å²) in [5, 5.41) is 0. The second kappa shape index (κ2) is 6.76. The number of rotatable bonds is 4. The van der Waals surface area contributed by atoms with Gasteiger partial charge in [-0.1, -0.05) is 6.08 Å². The number of benzene rings is 1. The number of ether oxygens (including phenoxy) is 2. The molecule has 6 heteroatoms.